The molecule has 0 aliphatic carbocycles. The van der Waals surface area contributed by atoms with Crippen molar-refractivity contribution < 1.29 is 0 Å². The average Bonchev–Trinajstić information content (AvgIpc) is 2.49. The molecule has 0 amide bonds. The zero-order valence-electron chi connectivity index (χ0n) is 9.65. The van der Waals surface area contributed by atoms with Gasteiger partial charge in [-0.3, -0.25) is 0 Å². The molecule has 1 aliphatic rings. The number of allylic oxidation sites excluding steroid dienone is 1. The highest BCUT2D eigenvalue weighted by atomic mass is 127. The maximum atomic E-state index is 3.78. The van der Waals surface area contributed by atoms with Crippen LogP contribution >= 0.6 is 24.0 Å². The minimum Gasteiger partial charge on any atom is -0.355 e. The van der Waals surface area contributed by atoms with Gasteiger partial charge in [-0.1, -0.05) is 26.0 Å². The summed E-state index contributed by atoms with van der Waals surface area (Å²) in [5, 5.41) is 0. The van der Waals surface area contributed by atoms with Crippen molar-refractivity contribution in [2.45, 2.75) is 13.8 Å². The summed E-state index contributed by atoms with van der Waals surface area (Å²) in [7, 11) is 0. The number of rotatable bonds is 5. The second-order valence-electron chi connectivity index (χ2n) is 3.92. The minimum atomic E-state index is 0. The number of halogens is 1. The van der Waals surface area contributed by atoms with Gasteiger partial charge >= 0.3 is 0 Å². The lowest BCUT2D eigenvalue weighted by Crippen LogP contribution is -2.28. The van der Waals surface area contributed by atoms with E-state index in [4.69, 9.17) is 0 Å². The Balaban J connectivity index is 0.00000196. The molecule has 0 N–H and O–H groups in total. The van der Waals surface area contributed by atoms with Crippen LogP contribution in [0.5, 0.6) is 0 Å². The maximum absolute atomic E-state index is 3.78. The molecular formula is C12H21IN2. The lowest BCUT2D eigenvalue weighted by molar-refractivity contribution is 0.276. The van der Waals surface area contributed by atoms with Gasteiger partial charge in [0.2, 0.25) is 0 Å². The predicted molar refractivity (Wildman–Crippen MR) is 77.0 cm³/mol. The highest BCUT2D eigenvalue weighted by Gasteiger charge is 2.20. The molecule has 0 unspecified atom stereocenters. The molecule has 0 spiro atoms. The van der Waals surface area contributed by atoms with Crippen molar-refractivity contribution >= 4 is 24.0 Å². The van der Waals surface area contributed by atoms with E-state index in [1.165, 1.54) is 5.70 Å². The van der Waals surface area contributed by atoms with Gasteiger partial charge in [0.15, 0.2) is 0 Å². The van der Waals surface area contributed by atoms with E-state index < -0.39 is 0 Å². The van der Waals surface area contributed by atoms with Crippen LogP contribution in [0.3, 0.4) is 0 Å². The van der Waals surface area contributed by atoms with E-state index in [1.807, 2.05) is 12.2 Å². The molecule has 0 aromatic carbocycles. The number of hydrogen-bond donors (Lipinski definition) is 0. The van der Waals surface area contributed by atoms with Crippen LogP contribution in [0.25, 0.3) is 0 Å². The van der Waals surface area contributed by atoms with E-state index in [9.17, 15) is 0 Å². The zero-order valence-corrected chi connectivity index (χ0v) is 12.0. The topological polar surface area (TPSA) is 6.48 Å². The third-order valence-corrected chi connectivity index (χ3v) is 2.34. The first-order valence-corrected chi connectivity index (χ1v) is 5.11. The van der Waals surface area contributed by atoms with Gasteiger partial charge in [0.05, 0.1) is 6.67 Å². The van der Waals surface area contributed by atoms with Crippen LogP contribution in [0.4, 0.5) is 0 Å². The Bertz CT molecular complexity index is 246. The first-order valence-electron chi connectivity index (χ1n) is 5.11. The Morgan fingerprint density at radius 2 is 1.93 bits per heavy atom. The summed E-state index contributed by atoms with van der Waals surface area (Å²) in [6.07, 6.45) is 6.12. The summed E-state index contributed by atoms with van der Waals surface area (Å²) in [4.78, 5) is 4.62. The molecule has 0 aromatic heterocycles. The molecule has 1 aliphatic heterocycles. The second-order valence-corrected chi connectivity index (χ2v) is 3.92. The molecule has 86 valence electrons. The van der Waals surface area contributed by atoms with E-state index in [-0.39, 0.29) is 24.0 Å². The zero-order chi connectivity index (χ0) is 10.6. The van der Waals surface area contributed by atoms with E-state index in [0.29, 0.717) is 5.92 Å². The second kappa shape index (κ2) is 6.93. The first kappa shape index (κ1) is 14.6. The molecular weight excluding hydrogens is 299 g/mol. The summed E-state index contributed by atoms with van der Waals surface area (Å²) in [6, 6.07) is 0. The maximum Gasteiger partial charge on any atom is 0.0902 e. The van der Waals surface area contributed by atoms with Crippen LogP contribution in [0.15, 0.2) is 37.2 Å². The standard InChI is InChI=1S/C12H20N2.HI/c1-5-7-13-9-12(11(3)4)14(10-13)8-6-2;/h5-6,9,11H,1-2,7-8,10H2,3-4H3;1H. The number of hydrogen-bond acceptors (Lipinski definition) is 2. The highest BCUT2D eigenvalue weighted by molar-refractivity contribution is 14.0. The molecule has 0 saturated heterocycles. The van der Waals surface area contributed by atoms with Crippen molar-refractivity contribution in [3.05, 3.63) is 37.2 Å². The first-order chi connectivity index (χ1) is 6.69. The summed E-state index contributed by atoms with van der Waals surface area (Å²) >= 11 is 0. The summed E-state index contributed by atoms with van der Waals surface area (Å²) in [6.45, 7) is 14.8. The van der Waals surface area contributed by atoms with Gasteiger partial charge in [-0.05, 0) is 5.92 Å². The summed E-state index contributed by atoms with van der Waals surface area (Å²) < 4.78 is 0. The van der Waals surface area contributed by atoms with E-state index in [0.717, 1.165) is 19.8 Å². The lowest BCUT2D eigenvalue weighted by atomic mass is 10.1. The van der Waals surface area contributed by atoms with Gasteiger partial charge in [-0.15, -0.1) is 37.1 Å². The molecule has 0 fully saturated rings. The van der Waals surface area contributed by atoms with Crippen molar-refractivity contribution in [3.63, 3.8) is 0 Å². The van der Waals surface area contributed by atoms with Crippen molar-refractivity contribution in [3.8, 4) is 0 Å². The smallest absolute Gasteiger partial charge is 0.0902 e. The Morgan fingerprint density at radius 1 is 1.33 bits per heavy atom. The van der Waals surface area contributed by atoms with Crippen molar-refractivity contribution in [1.82, 2.24) is 9.80 Å². The average molecular weight is 320 g/mol. The third-order valence-electron chi connectivity index (χ3n) is 2.34. The van der Waals surface area contributed by atoms with Crippen molar-refractivity contribution in [1.29, 1.82) is 0 Å². The van der Waals surface area contributed by atoms with Crippen LogP contribution in [0.2, 0.25) is 0 Å². The summed E-state index contributed by atoms with van der Waals surface area (Å²) in [5.41, 5.74) is 1.40. The fourth-order valence-corrected chi connectivity index (χ4v) is 1.72. The monoisotopic (exact) mass is 320 g/mol. The highest BCUT2D eigenvalue weighted by Crippen LogP contribution is 2.22. The molecule has 2 nitrogen and oxygen atoms in total. The predicted octanol–water partition coefficient (Wildman–Crippen LogP) is 3.05. The molecule has 0 saturated carbocycles. The van der Waals surface area contributed by atoms with Gasteiger partial charge in [0, 0.05) is 25.0 Å². The lowest BCUT2D eigenvalue weighted by Gasteiger charge is -2.23. The quantitative estimate of drug-likeness (QED) is 0.567. The molecule has 1 rings (SSSR count). The van der Waals surface area contributed by atoms with Crippen LogP contribution < -0.4 is 0 Å². The van der Waals surface area contributed by atoms with E-state index >= 15 is 0 Å². The van der Waals surface area contributed by atoms with Gasteiger partial charge in [0.1, 0.15) is 0 Å². The Morgan fingerprint density at radius 3 is 2.40 bits per heavy atom. The van der Waals surface area contributed by atoms with Crippen LogP contribution in [0, 0.1) is 5.92 Å². The van der Waals surface area contributed by atoms with Gasteiger partial charge in [-0.25, -0.2) is 0 Å². The SMILES string of the molecule is C=CCN1C=C(C(C)C)N(CC=C)C1.I. The molecule has 3 heteroatoms. The van der Waals surface area contributed by atoms with Gasteiger partial charge < -0.3 is 9.80 Å². The Labute approximate surface area is 110 Å². The molecule has 1 heterocycles. The normalized spacial score (nSPS) is 15.0. The van der Waals surface area contributed by atoms with Crippen LogP contribution in [-0.2, 0) is 0 Å². The molecule has 0 atom stereocenters. The van der Waals surface area contributed by atoms with E-state index in [2.05, 4.69) is 43.0 Å². The van der Waals surface area contributed by atoms with Crippen LogP contribution in [-0.4, -0.2) is 29.6 Å². The van der Waals surface area contributed by atoms with Crippen molar-refractivity contribution in [2.24, 2.45) is 5.92 Å². The molecule has 0 bridgehead atoms. The van der Waals surface area contributed by atoms with Gasteiger partial charge in [0.25, 0.3) is 0 Å². The molecule has 0 aromatic rings. The van der Waals surface area contributed by atoms with Gasteiger partial charge in [-0.2, -0.15) is 0 Å². The Kier molecular flexibility index (Phi) is 6.72. The number of nitrogens with zero attached hydrogens (tertiary/aromatic N) is 2. The fraction of sp³-hybridized carbons (Fsp3) is 0.500. The van der Waals surface area contributed by atoms with E-state index in [1.54, 1.807) is 0 Å². The van der Waals surface area contributed by atoms with Crippen molar-refractivity contribution in [2.75, 3.05) is 19.8 Å². The summed E-state index contributed by atoms with van der Waals surface area (Å²) in [5.74, 6) is 0.574. The fourth-order valence-electron chi connectivity index (χ4n) is 1.72. The Hall–Kier alpha value is -0.450. The third kappa shape index (κ3) is 3.89. The molecule has 0 radical (unpaired) electrons. The largest absolute Gasteiger partial charge is 0.355 e. The van der Waals surface area contributed by atoms with Crippen LogP contribution in [0.1, 0.15) is 13.8 Å². The minimum absolute atomic E-state index is 0. The molecule has 15 heavy (non-hydrogen) atoms.